The highest BCUT2D eigenvalue weighted by Crippen LogP contribution is 2.21. The van der Waals surface area contributed by atoms with Crippen molar-refractivity contribution in [3.8, 4) is 0 Å². The minimum atomic E-state index is 0.111. The first kappa shape index (κ1) is 13.0. The van der Waals surface area contributed by atoms with Crippen molar-refractivity contribution in [1.82, 2.24) is 9.88 Å². The third kappa shape index (κ3) is 2.53. The van der Waals surface area contributed by atoms with Gasteiger partial charge in [-0.15, -0.1) is 0 Å². The normalized spacial score (nSPS) is 19.3. The summed E-state index contributed by atoms with van der Waals surface area (Å²) in [7, 11) is 0. The number of aryl methyl sites for hydroxylation is 1. The van der Waals surface area contributed by atoms with Gasteiger partial charge in [-0.05, 0) is 31.4 Å². The fourth-order valence-electron chi connectivity index (χ4n) is 2.47. The lowest BCUT2D eigenvalue weighted by Gasteiger charge is -2.17. The van der Waals surface area contributed by atoms with E-state index in [0.29, 0.717) is 18.0 Å². The third-order valence-corrected chi connectivity index (χ3v) is 3.73. The number of hydrogen-bond donors (Lipinski definition) is 1. The van der Waals surface area contributed by atoms with E-state index in [0.717, 1.165) is 37.3 Å². The van der Waals surface area contributed by atoms with E-state index >= 15 is 0 Å². The molecule has 1 saturated heterocycles. The summed E-state index contributed by atoms with van der Waals surface area (Å²) >= 11 is 0. The molecule has 1 aromatic rings. The van der Waals surface area contributed by atoms with Crippen LogP contribution in [-0.4, -0.2) is 28.9 Å². The quantitative estimate of drug-likeness (QED) is 0.884. The Bertz CT molecular complexity index is 445. The lowest BCUT2D eigenvalue weighted by Crippen LogP contribution is -2.29. The van der Waals surface area contributed by atoms with Crippen molar-refractivity contribution in [2.75, 3.05) is 13.1 Å². The molecule has 4 nitrogen and oxygen atoms in total. The number of carbonyl (C=O) groups excluding carboxylic acids is 1. The van der Waals surface area contributed by atoms with Gasteiger partial charge in [0, 0.05) is 19.6 Å². The van der Waals surface area contributed by atoms with Gasteiger partial charge in [0.25, 0.3) is 5.91 Å². The predicted octanol–water partition coefficient (Wildman–Crippen LogP) is 1.72. The Labute approximate surface area is 108 Å². The maximum atomic E-state index is 12.4. The fraction of sp³-hybridized carbons (Fsp3) is 0.571. The van der Waals surface area contributed by atoms with Crippen LogP contribution in [0.25, 0.3) is 0 Å². The van der Waals surface area contributed by atoms with Crippen LogP contribution in [0.3, 0.4) is 0 Å². The molecule has 0 bridgehead atoms. The number of nitrogens with zero attached hydrogens (tertiary/aromatic N) is 2. The zero-order valence-corrected chi connectivity index (χ0v) is 11.1. The molecule has 0 spiro atoms. The van der Waals surface area contributed by atoms with Gasteiger partial charge in [-0.2, -0.15) is 0 Å². The van der Waals surface area contributed by atoms with E-state index in [1.165, 1.54) is 0 Å². The van der Waals surface area contributed by atoms with Crippen LogP contribution < -0.4 is 5.73 Å². The number of aromatic nitrogens is 1. The molecule has 2 rings (SSSR count). The smallest absolute Gasteiger partial charge is 0.255 e. The van der Waals surface area contributed by atoms with Crippen LogP contribution in [0.4, 0.5) is 0 Å². The van der Waals surface area contributed by atoms with Crippen molar-refractivity contribution in [1.29, 1.82) is 0 Å². The van der Waals surface area contributed by atoms with Gasteiger partial charge in [0.15, 0.2) is 0 Å². The van der Waals surface area contributed by atoms with Crippen molar-refractivity contribution < 1.29 is 4.79 Å². The van der Waals surface area contributed by atoms with Crippen LogP contribution in [0.15, 0.2) is 12.1 Å². The van der Waals surface area contributed by atoms with Gasteiger partial charge in [-0.25, -0.2) is 0 Å². The summed E-state index contributed by atoms with van der Waals surface area (Å²) in [6.07, 6.45) is 2.27. The fourth-order valence-corrected chi connectivity index (χ4v) is 2.47. The molecular weight excluding hydrogens is 226 g/mol. The Hall–Kier alpha value is -1.42. The Morgan fingerprint density at radius 3 is 2.89 bits per heavy atom. The SMILES string of the molecule is CC[C@@H]1CCN(C(=O)c2ccc(CN)nc2C)C1. The highest BCUT2D eigenvalue weighted by molar-refractivity contribution is 5.95. The van der Waals surface area contributed by atoms with Gasteiger partial charge in [0.2, 0.25) is 0 Å². The maximum absolute atomic E-state index is 12.4. The minimum Gasteiger partial charge on any atom is -0.338 e. The van der Waals surface area contributed by atoms with Gasteiger partial charge >= 0.3 is 0 Å². The topological polar surface area (TPSA) is 59.2 Å². The molecule has 1 aromatic heterocycles. The molecule has 0 radical (unpaired) electrons. The zero-order chi connectivity index (χ0) is 13.1. The maximum Gasteiger partial charge on any atom is 0.255 e. The van der Waals surface area contributed by atoms with Crippen LogP contribution in [0.1, 0.15) is 41.5 Å². The monoisotopic (exact) mass is 247 g/mol. The van der Waals surface area contributed by atoms with Gasteiger partial charge < -0.3 is 10.6 Å². The van der Waals surface area contributed by atoms with E-state index in [1.54, 1.807) is 0 Å². The average molecular weight is 247 g/mol. The molecule has 0 aliphatic carbocycles. The molecular formula is C14H21N3O. The van der Waals surface area contributed by atoms with Crippen molar-refractivity contribution >= 4 is 5.91 Å². The summed E-state index contributed by atoms with van der Waals surface area (Å²) in [5.74, 6) is 0.769. The van der Waals surface area contributed by atoms with E-state index in [9.17, 15) is 4.79 Å². The Kier molecular flexibility index (Phi) is 3.97. The molecule has 2 N–H and O–H groups in total. The van der Waals surface area contributed by atoms with Crippen molar-refractivity contribution in [2.24, 2.45) is 11.7 Å². The predicted molar refractivity (Wildman–Crippen MR) is 71.2 cm³/mol. The van der Waals surface area contributed by atoms with Crippen LogP contribution >= 0.6 is 0 Å². The van der Waals surface area contributed by atoms with E-state index in [2.05, 4.69) is 11.9 Å². The molecule has 2 heterocycles. The van der Waals surface area contributed by atoms with Crippen molar-refractivity contribution in [3.05, 3.63) is 29.1 Å². The molecule has 1 aliphatic heterocycles. The van der Waals surface area contributed by atoms with Gasteiger partial charge in [-0.1, -0.05) is 13.3 Å². The first-order valence-electron chi connectivity index (χ1n) is 6.61. The molecule has 1 fully saturated rings. The second-order valence-corrected chi connectivity index (χ2v) is 4.95. The van der Waals surface area contributed by atoms with E-state index in [1.807, 2.05) is 24.0 Å². The summed E-state index contributed by atoms with van der Waals surface area (Å²) in [5, 5.41) is 0. The van der Waals surface area contributed by atoms with E-state index < -0.39 is 0 Å². The first-order valence-corrected chi connectivity index (χ1v) is 6.61. The van der Waals surface area contributed by atoms with E-state index in [4.69, 9.17) is 5.73 Å². The van der Waals surface area contributed by atoms with Crippen molar-refractivity contribution in [3.63, 3.8) is 0 Å². The van der Waals surface area contributed by atoms with Crippen LogP contribution in [0, 0.1) is 12.8 Å². The highest BCUT2D eigenvalue weighted by Gasteiger charge is 2.26. The lowest BCUT2D eigenvalue weighted by atomic mass is 10.1. The summed E-state index contributed by atoms with van der Waals surface area (Å²) in [6, 6.07) is 3.69. The number of pyridine rings is 1. The molecule has 0 saturated carbocycles. The second-order valence-electron chi connectivity index (χ2n) is 4.95. The van der Waals surface area contributed by atoms with Gasteiger partial charge in [0.1, 0.15) is 0 Å². The van der Waals surface area contributed by atoms with Crippen LogP contribution in [0.5, 0.6) is 0 Å². The van der Waals surface area contributed by atoms with Crippen molar-refractivity contribution in [2.45, 2.75) is 33.2 Å². The molecule has 0 aromatic carbocycles. The number of amides is 1. The molecule has 4 heteroatoms. The van der Waals surface area contributed by atoms with Crippen LogP contribution in [-0.2, 0) is 6.54 Å². The third-order valence-electron chi connectivity index (χ3n) is 3.73. The zero-order valence-electron chi connectivity index (χ0n) is 11.1. The molecule has 18 heavy (non-hydrogen) atoms. The number of rotatable bonds is 3. The number of nitrogens with two attached hydrogens (primary N) is 1. The molecule has 0 unspecified atom stereocenters. The number of likely N-dealkylation sites (tertiary alicyclic amines) is 1. The number of hydrogen-bond acceptors (Lipinski definition) is 3. The summed E-state index contributed by atoms with van der Waals surface area (Å²) in [4.78, 5) is 18.7. The Balaban J connectivity index is 2.14. The van der Waals surface area contributed by atoms with Gasteiger partial charge in [0.05, 0.1) is 17.0 Å². The molecule has 1 aliphatic rings. The molecule has 98 valence electrons. The summed E-state index contributed by atoms with van der Waals surface area (Å²) in [6.45, 7) is 6.22. The average Bonchev–Trinajstić information content (AvgIpc) is 2.86. The Morgan fingerprint density at radius 1 is 1.56 bits per heavy atom. The lowest BCUT2D eigenvalue weighted by molar-refractivity contribution is 0.0785. The highest BCUT2D eigenvalue weighted by atomic mass is 16.2. The Morgan fingerprint density at radius 2 is 2.33 bits per heavy atom. The molecule has 1 atom stereocenters. The largest absolute Gasteiger partial charge is 0.338 e. The minimum absolute atomic E-state index is 0.111. The van der Waals surface area contributed by atoms with Gasteiger partial charge in [-0.3, -0.25) is 9.78 Å². The summed E-state index contributed by atoms with van der Waals surface area (Å²) < 4.78 is 0. The van der Waals surface area contributed by atoms with Crippen LogP contribution in [0.2, 0.25) is 0 Å². The molecule has 1 amide bonds. The van der Waals surface area contributed by atoms with E-state index in [-0.39, 0.29) is 5.91 Å². The standard InChI is InChI=1S/C14H21N3O/c1-3-11-6-7-17(9-11)14(18)13-5-4-12(8-15)16-10(13)2/h4-5,11H,3,6-9,15H2,1-2H3/t11-/m1/s1. The number of carbonyl (C=O) groups is 1. The second kappa shape index (κ2) is 5.48. The summed E-state index contributed by atoms with van der Waals surface area (Å²) in [5.41, 5.74) is 7.87. The first-order chi connectivity index (χ1) is 8.65.